The van der Waals surface area contributed by atoms with Gasteiger partial charge < -0.3 is 0 Å². The van der Waals surface area contributed by atoms with E-state index in [1.807, 2.05) is 68.4 Å². The molecule has 5 heteroatoms. The lowest BCUT2D eigenvalue weighted by molar-refractivity contribution is 0.310. The third-order valence-electron chi connectivity index (χ3n) is 4.97. The van der Waals surface area contributed by atoms with Gasteiger partial charge in [-0.25, -0.2) is 8.42 Å². The van der Waals surface area contributed by atoms with Gasteiger partial charge in [-0.3, -0.25) is 0 Å². The Labute approximate surface area is 173 Å². The molecule has 148 valence electrons. The van der Waals surface area contributed by atoms with E-state index in [0.717, 1.165) is 16.7 Å². The molecule has 0 aliphatic heterocycles. The molecule has 0 fully saturated rings. The maximum Gasteiger partial charge on any atom is 0.243 e. The first-order chi connectivity index (χ1) is 14.0. The van der Waals surface area contributed by atoms with Crippen LogP contribution in [0.25, 0.3) is 0 Å². The normalized spacial score (nSPS) is 12.5. The summed E-state index contributed by atoms with van der Waals surface area (Å²) in [5.41, 5.74) is 3.36. The highest BCUT2D eigenvalue weighted by Gasteiger charge is 2.31. The molecule has 29 heavy (non-hydrogen) atoms. The van der Waals surface area contributed by atoms with Crippen molar-refractivity contribution < 1.29 is 8.42 Å². The highest BCUT2D eigenvalue weighted by atomic mass is 32.2. The van der Waals surface area contributed by atoms with Crippen LogP contribution in [0.1, 0.15) is 41.6 Å². The van der Waals surface area contributed by atoms with Crippen molar-refractivity contribution in [3.63, 3.8) is 0 Å². The Balaban J connectivity index is 2.06. The van der Waals surface area contributed by atoms with Gasteiger partial charge in [0.25, 0.3) is 0 Å². The predicted molar refractivity (Wildman–Crippen MR) is 115 cm³/mol. The van der Waals surface area contributed by atoms with Gasteiger partial charge in [0.1, 0.15) is 0 Å². The molecule has 3 aromatic carbocycles. The Hall–Kier alpha value is -2.94. The molecule has 1 unspecified atom stereocenters. The van der Waals surface area contributed by atoms with Crippen LogP contribution in [-0.2, 0) is 16.6 Å². The summed E-state index contributed by atoms with van der Waals surface area (Å²) in [6.07, 6.45) is 0.644. The number of aryl methyl sites for hydroxylation is 1. The molecular formula is C24H24N2O2S. The highest BCUT2D eigenvalue weighted by molar-refractivity contribution is 7.89. The third kappa shape index (κ3) is 4.73. The monoisotopic (exact) mass is 404 g/mol. The molecule has 0 heterocycles. The topological polar surface area (TPSA) is 61.2 Å². The van der Waals surface area contributed by atoms with E-state index in [1.54, 1.807) is 28.6 Å². The van der Waals surface area contributed by atoms with E-state index in [0.29, 0.717) is 12.0 Å². The predicted octanol–water partition coefficient (Wildman–Crippen LogP) is 5.21. The van der Waals surface area contributed by atoms with E-state index in [1.165, 1.54) is 0 Å². The van der Waals surface area contributed by atoms with Crippen molar-refractivity contribution in [3.8, 4) is 6.07 Å². The van der Waals surface area contributed by atoms with Crippen LogP contribution in [0.5, 0.6) is 0 Å². The maximum absolute atomic E-state index is 13.6. The van der Waals surface area contributed by atoms with E-state index >= 15 is 0 Å². The molecule has 0 amide bonds. The molecule has 0 aliphatic carbocycles. The number of hydrogen-bond donors (Lipinski definition) is 0. The minimum atomic E-state index is -3.72. The van der Waals surface area contributed by atoms with E-state index < -0.39 is 10.0 Å². The SMILES string of the molecule is CCC(c1ccccc1)N(Cc1ccc(C#N)cc1)S(=O)(=O)c1ccc(C)cc1. The zero-order valence-corrected chi connectivity index (χ0v) is 17.4. The summed E-state index contributed by atoms with van der Waals surface area (Å²) in [6, 6.07) is 25.5. The Kier molecular flexibility index (Phi) is 6.48. The lowest BCUT2D eigenvalue weighted by Crippen LogP contribution is -2.34. The first-order valence-electron chi connectivity index (χ1n) is 9.58. The van der Waals surface area contributed by atoms with Gasteiger partial charge in [-0.05, 0) is 48.7 Å². The van der Waals surface area contributed by atoms with Crippen LogP contribution in [0.3, 0.4) is 0 Å². The summed E-state index contributed by atoms with van der Waals surface area (Å²) in [5.74, 6) is 0. The number of benzene rings is 3. The van der Waals surface area contributed by atoms with Crippen LogP contribution >= 0.6 is 0 Å². The van der Waals surface area contributed by atoms with Gasteiger partial charge in [0.15, 0.2) is 0 Å². The number of sulfonamides is 1. The molecule has 0 saturated carbocycles. The molecule has 0 spiro atoms. The van der Waals surface area contributed by atoms with Crippen molar-refractivity contribution in [2.24, 2.45) is 0 Å². The summed E-state index contributed by atoms with van der Waals surface area (Å²) < 4.78 is 28.8. The van der Waals surface area contributed by atoms with Crippen molar-refractivity contribution in [2.75, 3.05) is 0 Å². The molecule has 0 radical (unpaired) electrons. The second kappa shape index (κ2) is 9.04. The molecule has 3 aromatic rings. The molecule has 4 nitrogen and oxygen atoms in total. The van der Waals surface area contributed by atoms with Gasteiger partial charge in [0.2, 0.25) is 10.0 Å². The van der Waals surface area contributed by atoms with E-state index in [9.17, 15) is 8.42 Å². The Morgan fingerprint density at radius 2 is 1.55 bits per heavy atom. The van der Waals surface area contributed by atoms with Crippen molar-refractivity contribution in [1.29, 1.82) is 5.26 Å². The minimum absolute atomic E-state index is 0.231. The fraction of sp³-hybridized carbons (Fsp3) is 0.208. The second-order valence-corrected chi connectivity index (χ2v) is 8.90. The fourth-order valence-corrected chi connectivity index (χ4v) is 5.03. The average Bonchev–Trinajstić information content (AvgIpc) is 2.75. The maximum atomic E-state index is 13.6. The first kappa shape index (κ1) is 20.8. The lowest BCUT2D eigenvalue weighted by Gasteiger charge is -2.31. The van der Waals surface area contributed by atoms with Crippen LogP contribution in [0.2, 0.25) is 0 Å². The van der Waals surface area contributed by atoms with Gasteiger partial charge in [0, 0.05) is 6.54 Å². The van der Waals surface area contributed by atoms with Gasteiger partial charge in [-0.15, -0.1) is 0 Å². The second-order valence-electron chi connectivity index (χ2n) is 7.01. The molecule has 0 bridgehead atoms. The lowest BCUT2D eigenvalue weighted by atomic mass is 10.0. The molecule has 0 aliphatic rings. The van der Waals surface area contributed by atoms with E-state index in [4.69, 9.17) is 5.26 Å². The standard InChI is InChI=1S/C24H24N2O2S/c1-3-24(22-7-5-4-6-8-22)26(18-21-13-11-20(17-25)12-14-21)29(27,28)23-15-9-19(2)10-16-23/h4-16,24H,3,18H2,1-2H3. The summed E-state index contributed by atoms with van der Waals surface area (Å²) in [7, 11) is -3.72. The Bertz CT molecular complexity index is 1080. The Morgan fingerprint density at radius 1 is 0.931 bits per heavy atom. The van der Waals surface area contributed by atoms with Crippen LogP contribution in [-0.4, -0.2) is 12.7 Å². The largest absolute Gasteiger partial charge is 0.243 e. The van der Waals surface area contributed by atoms with Crippen molar-refractivity contribution in [1.82, 2.24) is 4.31 Å². The number of nitrogens with zero attached hydrogens (tertiary/aromatic N) is 2. The molecule has 0 N–H and O–H groups in total. The molecular weight excluding hydrogens is 380 g/mol. The van der Waals surface area contributed by atoms with Gasteiger partial charge >= 0.3 is 0 Å². The smallest absolute Gasteiger partial charge is 0.207 e. The Morgan fingerprint density at radius 3 is 2.10 bits per heavy atom. The van der Waals surface area contributed by atoms with Crippen molar-refractivity contribution >= 4 is 10.0 Å². The average molecular weight is 405 g/mol. The van der Waals surface area contributed by atoms with Crippen LogP contribution < -0.4 is 0 Å². The quantitative estimate of drug-likeness (QED) is 0.543. The van der Waals surface area contributed by atoms with Crippen molar-refractivity contribution in [3.05, 3.63) is 101 Å². The van der Waals surface area contributed by atoms with E-state index in [-0.39, 0.29) is 17.5 Å². The molecule has 1 atom stereocenters. The third-order valence-corrected chi connectivity index (χ3v) is 6.84. The summed E-state index contributed by atoms with van der Waals surface area (Å²) in [4.78, 5) is 0.283. The fourth-order valence-electron chi connectivity index (χ4n) is 3.35. The molecule has 3 rings (SSSR count). The van der Waals surface area contributed by atoms with Gasteiger partial charge in [-0.2, -0.15) is 9.57 Å². The van der Waals surface area contributed by atoms with Gasteiger partial charge in [-0.1, -0.05) is 67.1 Å². The first-order valence-corrected chi connectivity index (χ1v) is 11.0. The zero-order valence-electron chi connectivity index (χ0n) is 16.6. The summed E-state index contributed by atoms with van der Waals surface area (Å²) in [6.45, 7) is 4.16. The molecule has 0 aromatic heterocycles. The number of nitriles is 1. The van der Waals surface area contributed by atoms with E-state index in [2.05, 4.69) is 6.07 Å². The van der Waals surface area contributed by atoms with Crippen molar-refractivity contribution in [2.45, 2.75) is 37.8 Å². The minimum Gasteiger partial charge on any atom is -0.207 e. The zero-order chi connectivity index (χ0) is 20.9. The number of hydrogen-bond acceptors (Lipinski definition) is 3. The number of rotatable bonds is 7. The van der Waals surface area contributed by atoms with Gasteiger partial charge in [0.05, 0.1) is 22.6 Å². The van der Waals surface area contributed by atoms with Crippen LogP contribution in [0.15, 0.2) is 83.8 Å². The van der Waals surface area contributed by atoms with Crippen LogP contribution in [0.4, 0.5) is 0 Å². The molecule has 0 saturated heterocycles. The summed E-state index contributed by atoms with van der Waals surface area (Å²) in [5, 5.41) is 9.03. The highest BCUT2D eigenvalue weighted by Crippen LogP contribution is 2.32. The van der Waals surface area contributed by atoms with Crippen LogP contribution in [0, 0.1) is 18.3 Å². The summed E-state index contributed by atoms with van der Waals surface area (Å²) >= 11 is 0.